The maximum absolute atomic E-state index is 11.4. The number of carbonyl (C=O) groups excluding carboxylic acids is 1. The van der Waals surface area contributed by atoms with Crippen LogP contribution in [0.2, 0.25) is 0 Å². The number of cyclic esters (lactones) is 1. The highest BCUT2D eigenvalue weighted by molar-refractivity contribution is 5.71. The second kappa shape index (κ2) is 19.9. The molecule has 63 heavy (non-hydrogen) atoms. The van der Waals surface area contributed by atoms with Crippen LogP contribution in [-0.2, 0) is 33.2 Å². The molecule has 0 bridgehead atoms. The molecule has 3 atom stereocenters. The molecular formula is C57H78O6. The van der Waals surface area contributed by atoms with Crippen LogP contribution < -0.4 is 4.74 Å². The van der Waals surface area contributed by atoms with Crippen LogP contribution in [0.15, 0.2) is 72.8 Å². The van der Waals surface area contributed by atoms with Gasteiger partial charge in [-0.25, -0.2) is 0 Å². The van der Waals surface area contributed by atoms with Gasteiger partial charge in [-0.2, -0.15) is 0 Å². The number of benzene rings is 4. The van der Waals surface area contributed by atoms with Crippen LogP contribution in [0, 0.1) is 38.5 Å². The van der Waals surface area contributed by atoms with E-state index < -0.39 is 0 Å². The lowest BCUT2D eigenvalue weighted by Crippen LogP contribution is -2.26. The van der Waals surface area contributed by atoms with Crippen molar-refractivity contribution >= 4 is 5.97 Å². The van der Waals surface area contributed by atoms with E-state index in [1.807, 2.05) is 13.0 Å². The fourth-order valence-electron chi connectivity index (χ4n) is 10.3. The van der Waals surface area contributed by atoms with Crippen molar-refractivity contribution in [2.75, 3.05) is 6.61 Å². The SMILES string of the molecule is CCC(CC)(c1ccc(CCC(O)C2(C)CC2)c(C)c1)c1ccc(OC[C@H]2CCC(=O)O2)c(C)c1.CCC(CC)(c1ccc(O)c(C)c1)c1ccc(CCC(O)C2(C)CC2)c(C)c1. The highest BCUT2D eigenvalue weighted by Gasteiger charge is 2.44. The number of phenolic OH excluding ortho intramolecular Hbond substituents is 1. The molecule has 4 aromatic rings. The number of aliphatic hydroxyl groups is 2. The van der Waals surface area contributed by atoms with Gasteiger partial charge < -0.3 is 24.8 Å². The predicted molar refractivity (Wildman–Crippen MR) is 257 cm³/mol. The Balaban J connectivity index is 0.000000215. The van der Waals surface area contributed by atoms with Crippen LogP contribution in [0.5, 0.6) is 11.5 Å². The van der Waals surface area contributed by atoms with E-state index in [4.69, 9.17) is 9.47 Å². The molecule has 0 amide bonds. The van der Waals surface area contributed by atoms with Gasteiger partial charge in [-0.3, -0.25) is 4.79 Å². The van der Waals surface area contributed by atoms with E-state index in [9.17, 15) is 20.1 Å². The summed E-state index contributed by atoms with van der Waals surface area (Å²) in [5.41, 5.74) is 12.8. The normalized spacial score (nSPS) is 18.5. The Morgan fingerprint density at radius 2 is 1.05 bits per heavy atom. The van der Waals surface area contributed by atoms with Crippen molar-refractivity contribution in [3.05, 3.63) is 128 Å². The molecule has 1 saturated heterocycles. The largest absolute Gasteiger partial charge is 0.508 e. The number of hydrogen-bond acceptors (Lipinski definition) is 6. The first-order valence-corrected chi connectivity index (χ1v) is 24.3. The molecule has 7 rings (SSSR count). The molecule has 2 unspecified atom stereocenters. The van der Waals surface area contributed by atoms with Gasteiger partial charge in [0, 0.05) is 17.3 Å². The highest BCUT2D eigenvalue weighted by Crippen LogP contribution is 2.50. The van der Waals surface area contributed by atoms with Crippen molar-refractivity contribution in [3.63, 3.8) is 0 Å². The number of aryl methyl sites for hydroxylation is 6. The zero-order chi connectivity index (χ0) is 45.7. The molecule has 1 aliphatic heterocycles. The number of ether oxygens (including phenoxy) is 2. The van der Waals surface area contributed by atoms with Gasteiger partial charge >= 0.3 is 5.97 Å². The summed E-state index contributed by atoms with van der Waals surface area (Å²) in [7, 11) is 0. The second-order valence-corrected chi connectivity index (χ2v) is 20.2. The van der Waals surface area contributed by atoms with Crippen molar-refractivity contribution in [2.45, 2.75) is 188 Å². The average molecular weight is 859 g/mol. The van der Waals surface area contributed by atoms with E-state index in [-0.39, 0.29) is 45.9 Å². The van der Waals surface area contributed by atoms with E-state index >= 15 is 0 Å². The van der Waals surface area contributed by atoms with Crippen LogP contribution in [-0.4, -0.2) is 46.2 Å². The van der Waals surface area contributed by atoms with Gasteiger partial charge in [-0.05, 0) is 190 Å². The lowest BCUT2D eigenvalue weighted by Gasteiger charge is -2.34. The van der Waals surface area contributed by atoms with Crippen molar-refractivity contribution in [1.82, 2.24) is 0 Å². The Morgan fingerprint density at radius 3 is 1.41 bits per heavy atom. The molecule has 342 valence electrons. The Labute approximate surface area is 379 Å². The molecule has 4 aromatic carbocycles. The first-order chi connectivity index (χ1) is 30.0. The number of aliphatic hydroxyl groups excluding tert-OH is 2. The zero-order valence-corrected chi connectivity index (χ0v) is 40.3. The van der Waals surface area contributed by atoms with Crippen LogP contribution in [0.4, 0.5) is 0 Å². The molecular weight excluding hydrogens is 781 g/mol. The Kier molecular flexibility index (Phi) is 15.3. The van der Waals surface area contributed by atoms with Crippen molar-refractivity contribution in [2.24, 2.45) is 10.8 Å². The highest BCUT2D eigenvalue weighted by atomic mass is 16.6. The predicted octanol–water partition coefficient (Wildman–Crippen LogP) is 12.8. The number of carbonyl (C=O) groups is 1. The lowest BCUT2D eigenvalue weighted by atomic mass is 9.69. The minimum Gasteiger partial charge on any atom is -0.508 e. The van der Waals surface area contributed by atoms with Crippen LogP contribution in [0.1, 0.15) is 174 Å². The number of esters is 1. The van der Waals surface area contributed by atoms with Crippen LogP contribution in [0.3, 0.4) is 0 Å². The lowest BCUT2D eigenvalue weighted by molar-refractivity contribution is -0.142. The molecule has 3 aliphatic rings. The standard InChI is InChI=1S/C31H42O4.C26H36O2/c1-6-31(7-2,24-10-8-23(21(3)18-24)9-14-28(32)30(5)16-17-30)25-11-13-27(22(4)19-25)34-20-26-12-15-29(33)35-26;1-6-26(7-2,22-11-12-23(27)19(4)17-22)21-10-8-20(18(3)16-21)9-13-24(28)25(5)14-15-25/h8,10-11,13,18-19,26,28,32H,6-7,9,12,14-17,20H2,1-5H3;8,10-12,16-17,24,27-28H,6-7,9,13-15H2,1-5H3/t26-,28?;/m1./s1. The molecule has 1 heterocycles. The van der Waals surface area contributed by atoms with Gasteiger partial charge in [0.15, 0.2) is 0 Å². The minimum absolute atomic E-state index is 0.0389. The fourth-order valence-corrected chi connectivity index (χ4v) is 10.3. The van der Waals surface area contributed by atoms with Gasteiger partial charge in [0.25, 0.3) is 0 Å². The summed E-state index contributed by atoms with van der Waals surface area (Å²) in [6.45, 7) is 22.3. The summed E-state index contributed by atoms with van der Waals surface area (Å²) in [6.07, 6.45) is 12.9. The van der Waals surface area contributed by atoms with Gasteiger partial charge in [-0.1, -0.05) is 102 Å². The van der Waals surface area contributed by atoms with Crippen LogP contribution in [0.25, 0.3) is 0 Å². The van der Waals surface area contributed by atoms with E-state index in [2.05, 4.69) is 129 Å². The quantitative estimate of drug-likeness (QED) is 0.0813. The molecule has 6 nitrogen and oxygen atoms in total. The van der Waals surface area contributed by atoms with E-state index in [1.54, 1.807) is 0 Å². The number of phenols is 1. The van der Waals surface area contributed by atoms with Gasteiger partial charge in [0.2, 0.25) is 0 Å². The molecule has 3 N–H and O–H groups in total. The summed E-state index contributed by atoms with van der Waals surface area (Å²) in [6, 6.07) is 26.4. The number of hydrogen-bond donors (Lipinski definition) is 3. The smallest absolute Gasteiger partial charge is 0.306 e. The zero-order valence-electron chi connectivity index (χ0n) is 40.3. The van der Waals surface area contributed by atoms with Crippen LogP contribution >= 0.6 is 0 Å². The molecule has 0 spiro atoms. The Bertz CT molecular complexity index is 2180. The third-order valence-corrected chi connectivity index (χ3v) is 16.1. The molecule has 0 radical (unpaired) electrons. The first kappa shape index (κ1) is 48.3. The number of rotatable bonds is 19. The molecule has 3 fully saturated rings. The Morgan fingerprint density at radius 1 is 0.635 bits per heavy atom. The number of aromatic hydroxyl groups is 1. The van der Waals surface area contributed by atoms with E-state index in [0.29, 0.717) is 18.8 Å². The molecule has 2 aliphatic carbocycles. The maximum atomic E-state index is 11.4. The third kappa shape index (κ3) is 10.7. The summed E-state index contributed by atoms with van der Waals surface area (Å²) in [4.78, 5) is 11.4. The molecule has 0 aromatic heterocycles. The van der Waals surface area contributed by atoms with Crippen molar-refractivity contribution in [1.29, 1.82) is 0 Å². The topological polar surface area (TPSA) is 96.2 Å². The van der Waals surface area contributed by atoms with Crippen molar-refractivity contribution in [3.8, 4) is 11.5 Å². The summed E-state index contributed by atoms with van der Waals surface area (Å²) in [5, 5.41) is 30.9. The molecule has 6 heteroatoms. The Hall–Kier alpha value is -4.13. The maximum Gasteiger partial charge on any atom is 0.306 e. The van der Waals surface area contributed by atoms with Crippen molar-refractivity contribution < 1.29 is 29.6 Å². The fraction of sp³-hybridized carbons (Fsp3) is 0.561. The van der Waals surface area contributed by atoms with Gasteiger partial charge in [0.1, 0.15) is 24.2 Å². The van der Waals surface area contributed by atoms with E-state index in [1.165, 1.54) is 44.5 Å². The first-order valence-electron chi connectivity index (χ1n) is 24.3. The second-order valence-electron chi connectivity index (χ2n) is 20.2. The summed E-state index contributed by atoms with van der Waals surface area (Å²) < 4.78 is 11.3. The minimum atomic E-state index is -0.198. The molecule has 2 saturated carbocycles. The summed E-state index contributed by atoms with van der Waals surface area (Å²) >= 11 is 0. The van der Waals surface area contributed by atoms with E-state index in [0.717, 1.165) is 100 Å². The summed E-state index contributed by atoms with van der Waals surface area (Å²) in [5.74, 6) is 1.09. The monoisotopic (exact) mass is 859 g/mol. The average Bonchev–Trinajstić information content (AvgIpc) is 4.18. The van der Waals surface area contributed by atoms with Gasteiger partial charge in [0.05, 0.1) is 12.2 Å². The third-order valence-electron chi connectivity index (χ3n) is 16.1. The van der Waals surface area contributed by atoms with Gasteiger partial charge in [-0.15, -0.1) is 0 Å².